The van der Waals surface area contributed by atoms with Crippen molar-refractivity contribution in [2.75, 3.05) is 18.9 Å². The van der Waals surface area contributed by atoms with Crippen molar-refractivity contribution < 1.29 is 22.3 Å². The van der Waals surface area contributed by atoms with Gasteiger partial charge in [0.2, 0.25) is 0 Å². The number of nitriles is 1. The largest absolute Gasteiger partial charge is 0.493 e. The van der Waals surface area contributed by atoms with Crippen molar-refractivity contribution in [3.8, 4) is 17.6 Å². The molecule has 0 saturated heterocycles. The average Bonchev–Trinajstić information content (AvgIpc) is 2.54. The van der Waals surface area contributed by atoms with E-state index in [9.17, 15) is 12.8 Å². The van der Waals surface area contributed by atoms with Crippen LogP contribution in [0.5, 0.6) is 11.5 Å². The van der Waals surface area contributed by atoms with Gasteiger partial charge in [-0.05, 0) is 24.3 Å². The molecule has 2 aromatic carbocycles. The molecule has 1 N–H and O–H groups in total. The van der Waals surface area contributed by atoms with E-state index in [2.05, 4.69) is 4.72 Å². The lowest BCUT2D eigenvalue weighted by Crippen LogP contribution is -2.15. The summed E-state index contributed by atoms with van der Waals surface area (Å²) in [4.78, 5) is -0.570. The van der Waals surface area contributed by atoms with Crippen LogP contribution in [0.4, 0.5) is 10.1 Å². The molecule has 0 fully saturated rings. The molecule has 23 heavy (non-hydrogen) atoms. The monoisotopic (exact) mass is 336 g/mol. The van der Waals surface area contributed by atoms with Gasteiger partial charge in [-0.15, -0.1) is 0 Å². The highest BCUT2D eigenvalue weighted by Crippen LogP contribution is 2.32. The molecule has 0 heterocycles. The number of methoxy groups -OCH3 is 2. The SMILES string of the molecule is COc1cc(F)c(S(=O)(=O)Nc2ccc(C#N)cc2)cc1OC. The fourth-order valence-electron chi connectivity index (χ4n) is 1.86. The zero-order chi connectivity index (χ0) is 17.0. The van der Waals surface area contributed by atoms with Gasteiger partial charge in [0.25, 0.3) is 10.0 Å². The van der Waals surface area contributed by atoms with Crippen molar-refractivity contribution in [1.29, 1.82) is 5.26 Å². The molecule has 2 aromatic rings. The molecule has 8 heteroatoms. The molecule has 0 amide bonds. The van der Waals surface area contributed by atoms with Crippen molar-refractivity contribution in [2.24, 2.45) is 0 Å². The average molecular weight is 336 g/mol. The highest BCUT2D eigenvalue weighted by atomic mass is 32.2. The van der Waals surface area contributed by atoms with E-state index in [-0.39, 0.29) is 17.2 Å². The Morgan fingerprint density at radius 1 is 1.09 bits per heavy atom. The van der Waals surface area contributed by atoms with Gasteiger partial charge in [-0.3, -0.25) is 4.72 Å². The summed E-state index contributed by atoms with van der Waals surface area (Å²) in [6.45, 7) is 0. The van der Waals surface area contributed by atoms with E-state index in [1.54, 1.807) is 0 Å². The number of hydrogen-bond acceptors (Lipinski definition) is 5. The van der Waals surface area contributed by atoms with Crippen molar-refractivity contribution in [3.05, 3.63) is 47.8 Å². The third-order valence-electron chi connectivity index (χ3n) is 2.99. The van der Waals surface area contributed by atoms with Crippen molar-refractivity contribution in [1.82, 2.24) is 0 Å². The molecular weight excluding hydrogens is 323 g/mol. The first-order valence-corrected chi connectivity index (χ1v) is 7.84. The summed E-state index contributed by atoms with van der Waals surface area (Å²) in [7, 11) is -1.53. The zero-order valence-corrected chi connectivity index (χ0v) is 13.1. The third kappa shape index (κ3) is 3.52. The number of nitrogens with zero attached hydrogens (tertiary/aromatic N) is 1. The molecule has 0 atom stereocenters. The molecule has 0 aliphatic rings. The molecule has 2 rings (SSSR count). The van der Waals surface area contributed by atoms with Crippen LogP contribution in [0.3, 0.4) is 0 Å². The van der Waals surface area contributed by atoms with Crippen LogP contribution in [-0.4, -0.2) is 22.6 Å². The molecule has 6 nitrogen and oxygen atoms in total. The van der Waals surface area contributed by atoms with Crippen LogP contribution < -0.4 is 14.2 Å². The number of halogens is 1. The van der Waals surface area contributed by atoms with Crippen LogP contribution in [0.1, 0.15) is 5.56 Å². The van der Waals surface area contributed by atoms with Crippen LogP contribution in [0.15, 0.2) is 41.3 Å². The molecule has 0 bridgehead atoms. The molecule has 0 aromatic heterocycles. The lowest BCUT2D eigenvalue weighted by Gasteiger charge is -2.12. The van der Waals surface area contributed by atoms with Gasteiger partial charge >= 0.3 is 0 Å². The van der Waals surface area contributed by atoms with Gasteiger partial charge in [0.05, 0.1) is 25.9 Å². The lowest BCUT2D eigenvalue weighted by atomic mass is 10.2. The maximum absolute atomic E-state index is 14.1. The highest BCUT2D eigenvalue weighted by molar-refractivity contribution is 7.92. The molecule has 120 valence electrons. The number of nitrogens with one attached hydrogen (secondary N) is 1. The number of anilines is 1. The molecule has 0 spiro atoms. The summed E-state index contributed by atoms with van der Waals surface area (Å²) in [6.07, 6.45) is 0. The predicted octanol–water partition coefficient (Wildman–Crippen LogP) is 2.52. The van der Waals surface area contributed by atoms with Gasteiger partial charge in [-0.1, -0.05) is 0 Å². The van der Waals surface area contributed by atoms with Crippen LogP contribution in [0.2, 0.25) is 0 Å². The van der Waals surface area contributed by atoms with E-state index >= 15 is 0 Å². The molecule has 0 aliphatic carbocycles. The molecule has 0 radical (unpaired) electrons. The Kier molecular flexibility index (Phi) is 4.71. The van der Waals surface area contributed by atoms with Crippen molar-refractivity contribution >= 4 is 15.7 Å². The molecule has 0 unspecified atom stereocenters. The van der Waals surface area contributed by atoms with E-state index in [1.807, 2.05) is 6.07 Å². The second kappa shape index (κ2) is 6.54. The Bertz CT molecular complexity index is 858. The maximum atomic E-state index is 14.1. The fraction of sp³-hybridized carbons (Fsp3) is 0.133. The van der Waals surface area contributed by atoms with Gasteiger partial charge < -0.3 is 9.47 Å². The Balaban J connectivity index is 2.41. The third-order valence-corrected chi connectivity index (χ3v) is 4.39. The minimum absolute atomic E-state index is 0.0855. The fourth-order valence-corrected chi connectivity index (χ4v) is 3.00. The van der Waals surface area contributed by atoms with Gasteiger partial charge in [0, 0.05) is 17.8 Å². The first-order chi connectivity index (χ1) is 10.9. The molecular formula is C15H13FN2O4S. The van der Waals surface area contributed by atoms with Crippen LogP contribution in [0.25, 0.3) is 0 Å². The van der Waals surface area contributed by atoms with Crippen molar-refractivity contribution in [2.45, 2.75) is 4.90 Å². The standard InChI is InChI=1S/C15H13FN2O4S/c1-21-13-7-12(16)15(8-14(13)22-2)23(19,20)18-11-5-3-10(9-17)4-6-11/h3-8,18H,1-2H3. The lowest BCUT2D eigenvalue weighted by molar-refractivity contribution is 0.350. The number of rotatable bonds is 5. The Morgan fingerprint density at radius 2 is 1.65 bits per heavy atom. The normalized spacial score (nSPS) is 10.7. The van der Waals surface area contributed by atoms with Gasteiger partial charge in [-0.25, -0.2) is 12.8 Å². The second-order valence-electron chi connectivity index (χ2n) is 4.43. The van der Waals surface area contributed by atoms with E-state index < -0.39 is 20.7 Å². The summed E-state index contributed by atoms with van der Waals surface area (Å²) in [6, 6.07) is 9.61. The van der Waals surface area contributed by atoms with Gasteiger partial charge in [0.15, 0.2) is 11.5 Å². The minimum atomic E-state index is -4.16. The first-order valence-electron chi connectivity index (χ1n) is 6.35. The quantitative estimate of drug-likeness (QED) is 0.906. The topological polar surface area (TPSA) is 88.4 Å². The Hall–Kier alpha value is -2.79. The molecule has 0 saturated carbocycles. The van der Waals surface area contributed by atoms with E-state index in [4.69, 9.17) is 14.7 Å². The summed E-state index contributed by atoms with van der Waals surface area (Å²) < 4.78 is 50.9. The maximum Gasteiger partial charge on any atom is 0.264 e. The van der Waals surface area contributed by atoms with Crippen LogP contribution in [0, 0.1) is 17.1 Å². The number of benzene rings is 2. The predicted molar refractivity (Wildman–Crippen MR) is 81.5 cm³/mol. The molecule has 0 aliphatic heterocycles. The number of sulfonamides is 1. The van der Waals surface area contributed by atoms with E-state index in [1.165, 1.54) is 38.5 Å². The first kappa shape index (κ1) is 16.6. The number of hydrogen-bond donors (Lipinski definition) is 1. The highest BCUT2D eigenvalue weighted by Gasteiger charge is 2.22. The van der Waals surface area contributed by atoms with Gasteiger partial charge in [-0.2, -0.15) is 5.26 Å². The summed E-state index contributed by atoms with van der Waals surface area (Å²) in [5.41, 5.74) is 0.587. The summed E-state index contributed by atoms with van der Waals surface area (Å²) >= 11 is 0. The van der Waals surface area contributed by atoms with E-state index in [0.717, 1.165) is 12.1 Å². The Labute approximate surface area is 133 Å². The van der Waals surface area contributed by atoms with Gasteiger partial charge in [0.1, 0.15) is 10.7 Å². The van der Waals surface area contributed by atoms with Crippen LogP contribution >= 0.6 is 0 Å². The Morgan fingerprint density at radius 3 is 2.17 bits per heavy atom. The van der Waals surface area contributed by atoms with Crippen molar-refractivity contribution in [3.63, 3.8) is 0 Å². The minimum Gasteiger partial charge on any atom is -0.493 e. The summed E-state index contributed by atoms with van der Waals surface area (Å²) in [5.74, 6) is -0.791. The van der Waals surface area contributed by atoms with Crippen LogP contribution in [-0.2, 0) is 10.0 Å². The second-order valence-corrected chi connectivity index (χ2v) is 6.08. The van der Waals surface area contributed by atoms with E-state index in [0.29, 0.717) is 5.56 Å². The number of ether oxygens (including phenoxy) is 2. The summed E-state index contributed by atoms with van der Waals surface area (Å²) in [5, 5.41) is 8.72. The zero-order valence-electron chi connectivity index (χ0n) is 12.3. The smallest absolute Gasteiger partial charge is 0.264 e.